The van der Waals surface area contributed by atoms with Gasteiger partial charge in [-0.1, -0.05) is 30.3 Å². The van der Waals surface area contributed by atoms with Crippen molar-refractivity contribution in [3.8, 4) is 10.4 Å². The molecule has 0 aliphatic rings. The lowest BCUT2D eigenvalue weighted by Gasteiger charge is -2.00. The average Bonchev–Trinajstić information content (AvgIpc) is 2.66. The highest BCUT2D eigenvalue weighted by Gasteiger charge is 2.03. The summed E-state index contributed by atoms with van der Waals surface area (Å²) in [5.74, 6) is 0. The minimum absolute atomic E-state index is 0.932. The van der Waals surface area contributed by atoms with Gasteiger partial charge in [-0.05, 0) is 24.5 Å². The predicted octanol–water partition coefficient (Wildman–Crippen LogP) is 3.85. The van der Waals surface area contributed by atoms with Crippen molar-refractivity contribution in [3.05, 3.63) is 53.7 Å². The van der Waals surface area contributed by atoms with Crippen LogP contribution < -0.4 is 0 Å². The number of aromatic nitrogens is 1. The summed E-state index contributed by atoms with van der Waals surface area (Å²) in [5, 5.41) is 0. The van der Waals surface area contributed by atoms with E-state index in [2.05, 4.69) is 35.8 Å². The molecule has 0 saturated carbocycles. The van der Waals surface area contributed by atoms with Gasteiger partial charge in [-0.15, -0.1) is 17.9 Å². The Labute approximate surface area is 94.1 Å². The van der Waals surface area contributed by atoms with Crippen LogP contribution >= 0.6 is 11.3 Å². The van der Waals surface area contributed by atoms with E-state index < -0.39 is 0 Å². The Bertz CT molecular complexity index is 454. The zero-order valence-electron chi connectivity index (χ0n) is 8.73. The van der Waals surface area contributed by atoms with E-state index in [9.17, 15) is 0 Å². The van der Waals surface area contributed by atoms with E-state index in [1.807, 2.05) is 18.5 Å². The molecular weight excluding hydrogens is 202 g/mol. The summed E-state index contributed by atoms with van der Waals surface area (Å²) in [5.41, 5.74) is 5.55. The second kappa shape index (κ2) is 4.41. The largest absolute Gasteiger partial charge is 0.249 e. The Balaban J connectivity index is 2.31. The van der Waals surface area contributed by atoms with E-state index in [0.29, 0.717) is 0 Å². The first kappa shape index (κ1) is 10.1. The van der Waals surface area contributed by atoms with Crippen LogP contribution in [0.1, 0.15) is 11.3 Å². The summed E-state index contributed by atoms with van der Waals surface area (Å²) < 4.78 is 0. The molecule has 0 aliphatic heterocycles. The molecule has 2 rings (SSSR count). The van der Waals surface area contributed by atoms with Gasteiger partial charge in [0, 0.05) is 0 Å². The molecule has 0 fully saturated rings. The van der Waals surface area contributed by atoms with Crippen LogP contribution in [0.2, 0.25) is 0 Å². The number of hydrogen-bond acceptors (Lipinski definition) is 2. The highest BCUT2D eigenvalue weighted by molar-refractivity contribution is 7.13. The Morgan fingerprint density at radius 3 is 2.60 bits per heavy atom. The molecule has 0 radical (unpaired) electrons. The van der Waals surface area contributed by atoms with E-state index in [0.717, 1.165) is 12.1 Å². The van der Waals surface area contributed by atoms with Crippen LogP contribution in [0, 0.1) is 6.92 Å². The molecule has 0 unspecified atom stereocenters. The molecule has 0 aliphatic carbocycles. The molecule has 0 atom stereocenters. The maximum absolute atomic E-state index is 4.25. The topological polar surface area (TPSA) is 12.9 Å². The fourth-order valence-corrected chi connectivity index (χ4v) is 2.35. The minimum Gasteiger partial charge on any atom is -0.249 e. The standard InChI is InChI=1S/C13H13NS/c1-3-4-11-5-7-12(8-6-11)13-10(2)14-9-15-13/h3,5-9H,1,4H2,2H3. The van der Waals surface area contributed by atoms with Crippen molar-refractivity contribution in [1.82, 2.24) is 4.98 Å². The van der Waals surface area contributed by atoms with Crippen LogP contribution in [-0.4, -0.2) is 4.98 Å². The molecule has 0 bridgehead atoms. The highest BCUT2D eigenvalue weighted by atomic mass is 32.1. The third kappa shape index (κ3) is 2.16. The van der Waals surface area contributed by atoms with Crippen molar-refractivity contribution in [3.63, 3.8) is 0 Å². The van der Waals surface area contributed by atoms with Gasteiger partial charge in [-0.3, -0.25) is 0 Å². The Kier molecular flexibility index (Phi) is 2.97. The first-order chi connectivity index (χ1) is 7.31. The van der Waals surface area contributed by atoms with Crippen LogP contribution in [0.3, 0.4) is 0 Å². The molecule has 0 spiro atoms. The van der Waals surface area contributed by atoms with Crippen molar-refractivity contribution < 1.29 is 0 Å². The summed E-state index contributed by atoms with van der Waals surface area (Å²) in [7, 11) is 0. The summed E-state index contributed by atoms with van der Waals surface area (Å²) in [4.78, 5) is 5.52. The Hall–Kier alpha value is -1.41. The zero-order chi connectivity index (χ0) is 10.7. The fraction of sp³-hybridized carbons (Fsp3) is 0.154. The second-order valence-electron chi connectivity index (χ2n) is 3.46. The molecule has 0 saturated heterocycles. The highest BCUT2D eigenvalue weighted by Crippen LogP contribution is 2.27. The number of allylic oxidation sites excluding steroid dienone is 1. The molecule has 0 N–H and O–H groups in total. The third-order valence-corrected chi connectivity index (χ3v) is 3.32. The monoisotopic (exact) mass is 215 g/mol. The number of nitrogens with zero attached hydrogens (tertiary/aromatic N) is 1. The SMILES string of the molecule is C=CCc1ccc(-c2scnc2C)cc1. The zero-order valence-corrected chi connectivity index (χ0v) is 9.55. The summed E-state index contributed by atoms with van der Waals surface area (Å²) >= 11 is 1.69. The molecule has 2 aromatic rings. The van der Waals surface area contributed by atoms with E-state index in [4.69, 9.17) is 0 Å². The number of hydrogen-bond donors (Lipinski definition) is 0. The van der Waals surface area contributed by atoms with E-state index in [1.54, 1.807) is 11.3 Å². The maximum atomic E-state index is 4.25. The van der Waals surface area contributed by atoms with Gasteiger partial charge >= 0.3 is 0 Å². The second-order valence-corrected chi connectivity index (χ2v) is 4.31. The first-order valence-corrected chi connectivity index (χ1v) is 5.79. The van der Waals surface area contributed by atoms with Crippen molar-refractivity contribution in [1.29, 1.82) is 0 Å². The first-order valence-electron chi connectivity index (χ1n) is 4.91. The number of benzene rings is 1. The predicted molar refractivity (Wildman–Crippen MR) is 66.2 cm³/mol. The van der Waals surface area contributed by atoms with E-state index in [-0.39, 0.29) is 0 Å². The van der Waals surface area contributed by atoms with Crippen LogP contribution in [-0.2, 0) is 6.42 Å². The summed E-state index contributed by atoms with van der Waals surface area (Å²) in [6.07, 6.45) is 2.86. The van der Waals surface area contributed by atoms with Gasteiger partial charge in [0.25, 0.3) is 0 Å². The lowest BCUT2D eigenvalue weighted by atomic mass is 10.1. The molecule has 0 amide bonds. The lowest BCUT2D eigenvalue weighted by molar-refractivity contribution is 1.26. The van der Waals surface area contributed by atoms with Crippen LogP contribution in [0.25, 0.3) is 10.4 Å². The third-order valence-electron chi connectivity index (χ3n) is 2.34. The van der Waals surface area contributed by atoms with E-state index in [1.165, 1.54) is 16.0 Å². The molecule has 2 heteroatoms. The molecule has 15 heavy (non-hydrogen) atoms. The molecule has 1 aromatic heterocycles. The average molecular weight is 215 g/mol. The van der Waals surface area contributed by atoms with Crippen LogP contribution in [0.5, 0.6) is 0 Å². The fourth-order valence-electron chi connectivity index (χ4n) is 1.54. The summed E-state index contributed by atoms with van der Waals surface area (Å²) in [6.45, 7) is 5.78. The van der Waals surface area contributed by atoms with Gasteiger partial charge in [0.2, 0.25) is 0 Å². The molecular formula is C13H13NS. The van der Waals surface area contributed by atoms with Gasteiger partial charge in [-0.25, -0.2) is 4.98 Å². The van der Waals surface area contributed by atoms with Gasteiger partial charge in [0.05, 0.1) is 16.1 Å². The Morgan fingerprint density at radius 1 is 1.33 bits per heavy atom. The van der Waals surface area contributed by atoms with Crippen molar-refractivity contribution in [2.24, 2.45) is 0 Å². The quantitative estimate of drug-likeness (QED) is 0.709. The minimum atomic E-state index is 0.932. The van der Waals surface area contributed by atoms with Gasteiger partial charge in [0.15, 0.2) is 0 Å². The number of rotatable bonds is 3. The molecule has 1 aromatic carbocycles. The van der Waals surface area contributed by atoms with Gasteiger partial charge in [0.1, 0.15) is 0 Å². The summed E-state index contributed by atoms with van der Waals surface area (Å²) in [6, 6.07) is 8.60. The van der Waals surface area contributed by atoms with E-state index >= 15 is 0 Å². The van der Waals surface area contributed by atoms with Crippen molar-refractivity contribution in [2.45, 2.75) is 13.3 Å². The smallest absolute Gasteiger partial charge is 0.0801 e. The molecule has 1 nitrogen and oxygen atoms in total. The van der Waals surface area contributed by atoms with Gasteiger partial charge < -0.3 is 0 Å². The van der Waals surface area contributed by atoms with Crippen molar-refractivity contribution in [2.75, 3.05) is 0 Å². The van der Waals surface area contributed by atoms with Crippen LogP contribution in [0.4, 0.5) is 0 Å². The van der Waals surface area contributed by atoms with Crippen LogP contribution in [0.15, 0.2) is 42.4 Å². The molecule has 76 valence electrons. The number of aryl methyl sites for hydroxylation is 1. The maximum Gasteiger partial charge on any atom is 0.0801 e. The Morgan fingerprint density at radius 2 is 2.07 bits per heavy atom. The normalized spacial score (nSPS) is 10.2. The number of thiazole rings is 1. The molecule has 1 heterocycles. The van der Waals surface area contributed by atoms with Crippen molar-refractivity contribution >= 4 is 11.3 Å². The lowest BCUT2D eigenvalue weighted by Crippen LogP contribution is -1.82. The van der Waals surface area contributed by atoms with Gasteiger partial charge in [-0.2, -0.15) is 0 Å².